The second-order valence-electron chi connectivity index (χ2n) is 3.74. The Morgan fingerprint density at radius 2 is 2.21 bits per heavy atom. The van der Waals surface area contributed by atoms with Gasteiger partial charge in [-0.25, -0.2) is 18.7 Å². The fraction of sp³-hybridized carbons (Fsp3) is 0.364. The molecule has 0 atom stereocenters. The molecule has 2 heterocycles. The van der Waals surface area contributed by atoms with Gasteiger partial charge in [-0.05, 0) is 12.1 Å². The number of aromatic nitrogens is 4. The van der Waals surface area contributed by atoms with Crippen LogP contribution in [0.25, 0.3) is 11.4 Å². The van der Waals surface area contributed by atoms with Crippen molar-refractivity contribution in [1.29, 1.82) is 0 Å². The molecule has 8 heteroatoms. The highest BCUT2D eigenvalue weighted by atomic mass is 32.2. The van der Waals surface area contributed by atoms with Gasteiger partial charge < -0.3 is 5.73 Å². The van der Waals surface area contributed by atoms with Crippen LogP contribution in [0.15, 0.2) is 23.5 Å². The van der Waals surface area contributed by atoms with Gasteiger partial charge in [0.15, 0.2) is 5.16 Å². The van der Waals surface area contributed by atoms with E-state index in [1.807, 2.05) is 0 Å². The lowest BCUT2D eigenvalue weighted by Crippen LogP contribution is -2.04. The van der Waals surface area contributed by atoms with E-state index in [1.54, 1.807) is 24.0 Å². The van der Waals surface area contributed by atoms with Crippen molar-refractivity contribution in [2.24, 2.45) is 12.8 Å². The molecule has 102 valence electrons. The summed E-state index contributed by atoms with van der Waals surface area (Å²) in [5.41, 5.74) is 6.21. The monoisotopic (exact) mass is 285 g/mol. The molecular formula is C11H13F2N5S. The van der Waals surface area contributed by atoms with Crippen molar-refractivity contribution in [1.82, 2.24) is 19.7 Å². The number of rotatable bonds is 5. The highest BCUT2D eigenvalue weighted by molar-refractivity contribution is 7.99. The van der Waals surface area contributed by atoms with Crippen LogP contribution in [0.3, 0.4) is 0 Å². The average Bonchev–Trinajstić information content (AvgIpc) is 2.82. The van der Waals surface area contributed by atoms with Gasteiger partial charge in [0.1, 0.15) is 5.69 Å². The van der Waals surface area contributed by atoms with E-state index >= 15 is 0 Å². The van der Waals surface area contributed by atoms with Gasteiger partial charge in [0.25, 0.3) is 6.43 Å². The first-order chi connectivity index (χ1) is 9.11. The second-order valence-corrected chi connectivity index (χ2v) is 4.80. The molecule has 0 saturated carbocycles. The molecule has 0 aliphatic rings. The summed E-state index contributed by atoms with van der Waals surface area (Å²) in [5.74, 6) is 0.581. The summed E-state index contributed by atoms with van der Waals surface area (Å²) in [4.78, 5) is 8.09. The van der Waals surface area contributed by atoms with Crippen molar-refractivity contribution in [2.75, 3.05) is 12.3 Å². The van der Waals surface area contributed by atoms with E-state index in [1.165, 1.54) is 17.8 Å². The van der Waals surface area contributed by atoms with E-state index in [4.69, 9.17) is 5.73 Å². The zero-order valence-corrected chi connectivity index (χ0v) is 11.1. The van der Waals surface area contributed by atoms with Crippen molar-refractivity contribution < 1.29 is 8.78 Å². The highest BCUT2D eigenvalue weighted by Crippen LogP contribution is 2.25. The largest absolute Gasteiger partial charge is 0.330 e. The molecule has 2 aromatic heterocycles. The molecule has 0 bridgehead atoms. The zero-order chi connectivity index (χ0) is 13.8. The Morgan fingerprint density at radius 1 is 1.42 bits per heavy atom. The van der Waals surface area contributed by atoms with Crippen LogP contribution in [-0.4, -0.2) is 32.0 Å². The molecule has 0 aromatic carbocycles. The first kappa shape index (κ1) is 13.9. The Kier molecular flexibility index (Phi) is 4.43. The van der Waals surface area contributed by atoms with Crippen LogP contribution in [-0.2, 0) is 7.05 Å². The van der Waals surface area contributed by atoms with Crippen molar-refractivity contribution in [3.63, 3.8) is 0 Å². The maximum atomic E-state index is 12.8. The van der Waals surface area contributed by atoms with E-state index in [-0.39, 0.29) is 5.69 Å². The molecule has 0 amide bonds. The standard InChI is InChI=1S/C11H13F2N5S/c1-18-9(2-4-15-18)7-6-8(10(12)13)17-11(16-7)19-5-3-14/h2,4,6,10H,3,5,14H2,1H3. The minimum absolute atomic E-state index is 0.286. The molecule has 5 nitrogen and oxygen atoms in total. The summed E-state index contributed by atoms with van der Waals surface area (Å²) in [6.45, 7) is 0.438. The third kappa shape index (κ3) is 3.27. The lowest BCUT2D eigenvalue weighted by atomic mass is 10.2. The minimum atomic E-state index is -2.63. The van der Waals surface area contributed by atoms with Crippen LogP contribution in [0.5, 0.6) is 0 Å². The maximum Gasteiger partial charge on any atom is 0.280 e. The van der Waals surface area contributed by atoms with Gasteiger partial charge in [-0.15, -0.1) is 0 Å². The SMILES string of the molecule is Cn1nccc1-c1cc(C(F)F)nc(SCCN)n1. The van der Waals surface area contributed by atoms with Gasteiger partial charge in [0.05, 0.1) is 11.4 Å². The first-order valence-corrected chi connectivity index (χ1v) is 6.58. The molecule has 2 aromatic rings. The van der Waals surface area contributed by atoms with Gasteiger partial charge in [-0.2, -0.15) is 5.10 Å². The van der Waals surface area contributed by atoms with Crippen molar-refractivity contribution >= 4 is 11.8 Å². The van der Waals surface area contributed by atoms with Crippen LogP contribution >= 0.6 is 11.8 Å². The van der Waals surface area contributed by atoms with E-state index in [2.05, 4.69) is 15.1 Å². The Bertz CT molecular complexity index is 558. The fourth-order valence-corrected chi connectivity index (χ4v) is 2.16. The van der Waals surface area contributed by atoms with Gasteiger partial charge in [0.2, 0.25) is 0 Å². The second kappa shape index (κ2) is 6.07. The molecule has 0 aliphatic heterocycles. The van der Waals surface area contributed by atoms with Crippen LogP contribution in [0, 0.1) is 0 Å². The summed E-state index contributed by atoms with van der Waals surface area (Å²) in [7, 11) is 1.73. The quantitative estimate of drug-likeness (QED) is 0.671. The van der Waals surface area contributed by atoms with Gasteiger partial charge in [-0.1, -0.05) is 11.8 Å². The Labute approximate surface area is 113 Å². The fourth-order valence-electron chi connectivity index (χ4n) is 1.53. The van der Waals surface area contributed by atoms with E-state index < -0.39 is 6.43 Å². The molecule has 19 heavy (non-hydrogen) atoms. The molecule has 2 rings (SSSR count). The van der Waals surface area contributed by atoms with E-state index in [0.717, 1.165) is 0 Å². The Hall–Kier alpha value is -1.54. The first-order valence-electron chi connectivity index (χ1n) is 5.60. The summed E-state index contributed by atoms with van der Waals surface area (Å²) >= 11 is 1.26. The summed E-state index contributed by atoms with van der Waals surface area (Å²) in [5, 5.41) is 4.31. The van der Waals surface area contributed by atoms with Crippen molar-refractivity contribution in [3.8, 4) is 11.4 Å². The predicted octanol–water partition coefficient (Wildman–Crippen LogP) is 1.87. The van der Waals surface area contributed by atoms with Crippen molar-refractivity contribution in [2.45, 2.75) is 11.6 Å². The van der Waals surface area contributed by atoms with Gasteiger partial charge >= 0.3 is 0 Å². The zero-order valence-electron chi connectivity index (χ0n) is 10.3. The smallest absolute Gasteiger partial charge is 0.280 e. The number of thioether (sulfide) groups is 1. The number of nitrogens with two attached hydrogens (primary N) is 1. The third-order valence-electron chi connectivity index (χ3n) is 2.38. The molecule has 0 spiro atoms. The van der Waals surface area contributed by atoms with Crippen LogP contribution < -0.4 is 5.73 Å². The number of halogens is 2. The predicted molar refractivity (Wildman–Crippen MR) is 69.0 cm³/mol. The van der Waals surface area contributed by atoms with Crippen LogP contribution in [0.1, 0.15) is 12.1 Å². The summed E-state index contributed by atoms with van der Waals surface area (Å²) < 4.78 is 27.3. The molecule has 0 unspecified atom stereocenters. The molecule has 2 N–H and O–H groups in total. The summed E-state index contributed by atoms with van der Waals surface area (Å²) in [6.07, 6.45) is -1.04. The van der Waals surface area contributed by atoms with Crippen LogP contribution in [0.4, 0.5) is 8.78 Å². The lowest BCUT2D eigenvalue weighted by Gasteiger charge is -2.07. The van der Waals surface area contributed by atoms with Gasteiger partial charge in [0, 0.05) is 25.5 Å². The number of hydrogen-bond acceptors (Lipinski definition) is 5. The molecule has 0 aliphatic carbocycles. The Balaban J connectivity index is 2.42. The normalized spacial score (nSPS) is 11.2. The number of alkyl halides is 2. The molecular weight excluding hydrogens is 272 g/mol. The molecule has 0 radical (unpaired) electrons. The van der Waals surface area contributed by atoms with Gasteiger partial charge in [-0.3, -0.25) is 4.68 Å². The average molecular weight is 285 g/mol. The lowest BCUT2D eigenvalue weighted by molar-refractivity contribution is 0.145. The number of hydrogen-bond donors (Lipinski definition) is 1. The topological polar surface area (TPSA) is 69.6 Å². The minimum Gasteiger partial charge on any atom is -0.330 e. The van der Waals surface area contributed by atoms with Crippen LogP contribution in [0.2, 0.25) is 0 Å². The van der Waals surface area contributed by atoms with E-state index in [0.29, 0.717) is 28.8 Å². The maximum absolute atomic E-state index is 12.8. The summed E-state index contributed by atoms with van der Waals surface area (Å²) in [6, 6.07) is 3.00. The highest BCUT2D eigenvalue weighted by Gasteiger charge is 2.15. The number of aryl methyl sites for hydroxylation is 1. The van der Waals surface area contributed by atoms with Crippen molar-refractivity contribution in [3.05, 3.63) is 24.0 Å². The molecule has 0 fully saturated rings. The third-order valence-corrected chi connectivity index (χ3v) is 3.26. The number of nitrogens with zero attached hydrogens (tertiary/aromatic N) is 4. The Morgan fingerprint density at radius 3 is 2.79 bits per heavy atom. The van der Waals surface area contributed by atoms with E-state index in [9.17, 15) is 8.78 Å². The molecule has 0 saturated heterocycles.